The van der Waals surface area contributed by atoms with E-state index >= 15 is 0 Å². The number of furan rings is 1. The third-order valence-corrected chi connectivity index (χ3v) is 5.71. The van der Waals surface area contributed by atoms with Gasteiger partial charge in [-0.1, -0.05) is 24.4 Å². The van der Waals surface area contributed by atoms with E-state index in [1.54, 1.807) is 12.1 Å². The van der Waals surface area contributed by atoms with Gasteiger partial charge in [0.1, 0.15) is 16.8 Å². The fourth-order valence-electron chi connectivity index (χ4n) is 3.91. The van der Waals surface area contributed by atoms with Gasteiger partial charge in [0.05, 0.1) is 17.8 Å². The van der Waals surface area contributed by atoms with Crippen LogP contribution in [0.15, 0.2) is 22.8 Å². The predicted molar refractivity (Wildman–Crippen MR) is 113 cm³/mol. The first-order valence-electron chi connectivity index (χ1n) is 9.53. The van der Waals surface area contributed by atoms with Crippen molar-refractivity contribution in [1.29, 1.82) is 0 Å². The Balaban J connectivity index is 0.000000858. The van der Waals surface area contributed by atoms with Crippen LogP contribution in [0.1, 0.15) is 49.6 Å². The first-order chi connectivity index (χ1) is 14.9. The molecule has 0 spiro atoms. The maximum absolute atomic E-state index is 14.2. The molecule has 0 saturated heterocycles. The number of hydrogen-bond donors (Lipinski definition) is 3. The van der Waals surface area contributed by atoms with Gasteiger partial charge in [-0.25, -0.2) is 4.98 Å². The van der Waals surface area contributed by atoms with E-state index in [1.165, 1.54) is 6.26 Å². The molecular weight excluding hydrogens is 455 g/mol. The van der Waals surface area contributed by atoms with Crippen molar-refractivity contribution in [2.75, 3.05) is 5.32 Å². The monoisotopic (exact) mass is 475 g/mol. The first kappa shape index (κ1) is 23.2. The van der Waals surface area contributed by atoms with E-state index in [4.69, 9.17) is 43.3 Å². The number of rotatable bonds is 5. The van der Waals surface area contributed by atoms with Crippen LogP contribution < -0.4 is 11.1 Å². The minimum Gasteiger partial charge on any atom is -0.483 e. The largest absolute Gasteiger partial charge is 0.483 e. The van der Waals surface area contributed by atoms with Gasteiger partial charge in [-0.3, -0.25) is 9.36 Å². The fraction of sp³-hybridized carbons (Fsp3) is 0.421. The van der Waals surface area contributed by atoms with Crippen molar-refractivity contribution in [3.8, 4) is 0 Å². The summed E-state index contributed by atoms with van der Waals surface area (Å²) in [7, 11) is 0. The Labute approximate surface area is 186 Å². The summed E-state index contributed by atoms with van der Waals surface area (Å²) >= 11 is 12.6. The Morgan fingerprint density at radius 2 is 2.06 bits per heavy atom. The highest BCUT2D eigenvalue weighted by Gasteiger charge is 2.34. The van der Waals surface area contributed by atoms with E-state index < -0.39 is 6.55 Å². The number of hydrogen-bond acceptors (Lipinski definition) is 6. The molecule has 8 nitrogen and oxygen atoms in total. The zero-order valence-electron chi connectivity index (χ0n) is 16.3. The van der Waals surface area contributed by atoms with Gasteiger partial charge in [-0.05, 0) is 36.6 Å². The topological polar surface area (TPSA) is 119 Å². The standard InChI is InChI=1S/C18H19Cl2F2N5O.CH2O2/c19-12-13-15(16(26-17(20)25-13)24-8-9-4-3-7-28-9)27(18(21)22)14(12)10-5-1-2-6-11(10)23;2-1-3/h3-4,7,10-11,18H,1-2,5-6,8,23H2,(H,24,25,26);1H,(H,2,3)/t10-,11-;/m1./s1. The number of nitrogens with two attached hydrogens (primary N) is 1. The molecule has 168 valence electrons. The molecule has 1 aliphatic rings. The quantitative estimate of drug-likeness (QED) is 0.349. The van der Waals surface area contributed by atoms with E-state index in [2.05, 4.69) is 15.3 Å². The molecule has 3 aromatic heterocycles. The highest BCUT2D eigenvalue weighted by atomic mass is 35.5. The van der Waals surface area contributed by atoms with E-state index in [1.807, 2.05) is 0 Å². The molecule has 0 unspecified atom stereocenters. The number of nitrogens with zero attached hydrogens (tertiary/aromatic N) is 3. The van der Waals surface area contributed by atoms with Crippen molar-refractivity contribution in [2.24, 2.45) is 5.73 Å². The minimum absolute atomic E-state index is 0.0812. The number of nitrogens with one attached hydrogen (secondary N) is 1. The van der Waals surface area contributed by atoms with E-state index in [0.717, 1.165) is 23.8 Å². The van der Waals surface area contributed by atoms with Crippen LogP contribution in [0.3, 0.4) is 0 Å². The predicted octanol–water partition coefficient (Wildman–Crippen LogP) is 5.02. The number of alkyl halides is 2. The molecule has 1 saturated carbocycles. The van der Waals surface area contributed by atoms with Crippen LogP contribution in [0.5, 0.6) is 0 Å². The highest BCUT2D eigenvalue weighted by molar-refractivity contribution is 6.37. The number of aromatic nitrogens is 3. The lowest BCUT2D eigenvalue weighted by molar-refractivity contribution is -0.122. The van der Waals surface area contributed by atoms with Crippen molar-refractivity contribution in [1.82, 2.24) is 14.5 Å². The zero-order valence-corrected chi connectivity index (χ0v) is 17.8. The average Bonchev–Trinajstić information content (AvgIpc) is 3.34. The summed E-state index contributed by atoms with van der Waals surface area (Å²) in [4.78, 5) is 16.6. The van der Waals surface area contributed by atoms with Crippen LogP contribution >= 0.6 is 23.2 Å². The lowest BCUT2D eigenvalue weighted by atomic mass is 9.83. The van der Waals surface area contributed by atoms with Crippen LogP contribution in [0.2, 0.25) is 10.3 Å². The van der Waals surface area contributed by atoms with Crippen LogP contribution in [-0.2, 0) is 11.3 Å². The maximum atomic E-state index is 14.2. The molecule has 31 heavy (non-hydrogen) atoms. The van der Waals surface area contributed by atoms with Crippen LogP contribution in [-0.4, -0.2) is 32.2 Å². The Kier molecular flexibility index (Phi) is 7.69. The van der Waals surface area contributed by atoms with Crippen molar-refractivity contribution < 1.29 is 23.1 Å². The van der Waals surface area contributed by atoms with Gasteiger partial charge >= 0.3 is 6.55 Å². The summed E-state index contributed by atoms with van der Waals surface area (Å²) in [6.07, 6.45) is 4.88. The Hall–Kier alpha value is -2.43. The number of fused-ring (bicyclic) bond motifs is 1. The Morgan fingerprint density at radius 3 is 2.68 bits per heavy atom. The molecular formula is C19H21Cl2F2N5O3. The normalized spacial score (nSPS) is 18.6. The molecule has 2 atom stereocenters. The van der Waals surface area contributed by atoms with Gasteiger partial charge in [0, 0.05) is 17.7 Å². The molecule has 0 aliphatic heterocycles. The van der Waals surface area contributed by atoms with Gasteiger partial charge in [-0.15, -0.1) is 0 Å². The second kappa shape index (κ2) is 10.3. The Bertz CT molecular complexity index is 1030. The molecule has 1 aliphatic carbocycles. The first-order valence-corrected chi connectivity index (χ1v) is 10.3. The second-order valence-electron chi connectivity index (χ2n) is 6.98. The second-order valence-corrected chi connectivity index (χ2v) is 7.69. The molecule has 3 aromatic rings. The summed E-state index contributed by atoms with van der Waals surface area (Å²) in [6.45, 7) is -2.83. The average molecular weight is 476 g/mol. The molecule has 12 heteroatoms. The summed E-state index contributed by atoms with van der Waals surface area (Å²) in [5.74, 6) is 0.518. The van der Waals surface area contributed by atoms with Crippen LogP contribution in [0.4, 0.5) is 14.6 Å². The molecule has 0 radical (unpaired) electrons. The molecule has 4 rings (SSSR count). The van der Waals surface area contributed by atoms with Crippen LogP contribution in [0, 0.1) is 0 Å². The molecule has 1 fully saturated rings. The van der Waals surface area contributed by atoms with Gasteiger partial charge < -0.3 is 20.6 Å². The number of carboxylic acid groups (broad SMARTS) is 1. The van der Waals surface area contributed by atoms with Gasteiger partial charge in [0.25, 0.3) is 6.47 Å². The number of carbonyl (C=O) groups is 1. The van der Waals surface area contributed by atoms with E-state index in [-0.39, 0.29) is 52.1 Å². The van der Waals surface area contributed by atoms with Crippen molar-refractivity contribution in [3.63, 3.8) is 0 Å². The summed E-state index contributed by atoms with van der Waals surface area (Å²) < 4.78 is 34.5. The molecule has 0 bridgehead atoms. The van der Waals surface area contributed by atoms with E-state index in [9.17, 15) is 8.78 Å². The molecule has 0 amide bonds. The third kappa shape index (κ3) is 4.91. The minimum atomic E-state index is -2.83. The number of anilines is 1. The van der Waals surface area contributed by atoms with Crippen LogP contribution in [0.25, 0.3) is 11.0 Å². The molecule has 0 aromatic carbocycles. The molecule has 4 N–H and O–H groups in total. The smallest absolute Gasteiger partial charge is 0.319 e. The highest BCUT2D eigenvalue weighted by Crippen LogP contribution is 2.44. The SMILES string of the molecule is N[C@@H]1CCCC[C@H]1c1c(Cl)c2nc(Cl)nc(NCc3ccco3)c2n1C(F)F.O=CO. The maximum Gasteiger partial charge on any atom is 0.319 e. The number of halogens is 4. The van der Waals surface area contributed by atoms with Gasteiger partial charge in [0.2, 0.25) is 5.28 Å². The lowest BCUT2D eigenvalue weighted by Gasteiger charge is -2.30. The van der Waals surface area contributed by atoms with Gasteiger partial charge in [0.15, 0.2) is 5.82 Å². The van der Waals surface area contributed by atoms with Crippen molar-refractivity contribution in [2.45, 2.75) is 50.7 Å². The van der Waals surface area contributed by atoms with Crippen molar-refractivity contribution >= 4 is 46.5 Å². The van der Waals surface area contributed by atoms with Crippen molar-refractivity contribution in [3.05, 3.63) is 40.2 Å². The summed E-state index contributed by atoms with van der Waals surface area (Å²) in [5.41, 5.74) is 6.86. The lowest BCUT2D eigenvalue weighted by Crippen LogP contribution is -2.33. The van der Waals surface area contributed by atoms with Gasteiger partial charge in [-0.2, -0.15) is 13.8 Å². The Morgan fingerprint density at radius 1 is 1.35 bits per heavy atom. The summed E-state index contributed by atoms with van der Waals surface area (Å²) in [6, 6.07) is 3.26. The molecule has 3 heterocycles. The zero-order chi connectivity index (χ0) is 22.5. The van der Waals surface area contributed by atoms with E-state index in [0.29, 0.717) is 17.9 Å². The fourth-order valence-corrected chi connectivity index (χ4v) is 4.44. The third-order valence-electron chi connectivity index (χ3n) is 5.17. The summed E-state index contributed by atoms with van der Waals surface area (Å²) in [5, 5.41) is 9.97.